The van der Waals surface area contributed by atoms with Crippen molar-refractivity contribution in [1.29, 1.82) is 0 Å². The maximum atomic E-state index is 12.6. The fourth-order valence-electron chi connectivity index (χ4n) is 2.36. The standard InChI is InChI=1S/C19H23F3N4O2S/c1-2-23-18(25-14-15-8-10-16(11-9-15)19(20,21)22)24-12-13-26-29(27,28)17-6-4-3-5-7-17/h3-11,26H,2,12-14H2,1H3,(H2,23,24,25). The Labute approximate surface area is 168 Å². The van der Waals surface area contributed by atoms with E-state index in [1.807, 2.05) is 6.92 Å². The van der Waals surface area contributed by atoms with E-state index in [4.69, 9.17) is 0 Å². The summed E-state index contributed by atoms with van der Waals surface area (Å²) in [5.41, 5.74) is -0.0825. The Morgan fingerprint density at radius 3 is 2.21 bits per heavy atom. The zero-order valence-electron chi connectivity index (χ0n) is 15.8. The lowest BCUT2D eigenvalue weighted by molar-refractivity contribution is -0.137. The Morgan fingerprint density at radius 2 is 1.62 bits per heavy atom. The molecule has 0 heterocycles. The predicted octanol–water partition coefficient (Wildman–Crippen LogP) is 2.74. The second-order valence-corrected chi connectivity index (χ2v) is 7.79. The van der Waals surface area contributed by atoms with Gasteiger partial charge in [-0.25, -0.2) is 18.1 Å². The monoisotopic (exact) mass is 428 g/mol. The van der Waals surface area contributed by atoms with Gasteiger partial charge in [-0.1, -0.05) is 30.3 Å². The minimum atomic E-state index is -4.37. The first-order valence-corrected chi connectivity index (χ1v) is 10.4. The van der Waals surface area contributed by atoms with Crippen molar-refractivity contribution in [2.75, 3.05) is 19.6 Å². The molecule has 2 aromatic carbocycles. The van der Waals surface area contributed by atoms with Gasteiger partial charge in [0.05, 0.1) is 17.0 Å². The molecule has 10 heteroatoms. The van der Waals surface area contributed by atoms with Crippen LogP contribution in [0, 0.1) is 0 Å². The number of guanidine groups is 1. The number of sulfonamides is 1. The molecule has 0 fully saturated rings. The van der Waals surface area contributed by atoms with Crippen LogP contribution in [-0.2, 0) is 22.7 Å². The molecule has 0 unspecified atom stereocenters. The Balaban J connectivity index is 1.88. The second kappa shape index (κ2) is 10.3. The van der Waals surface area contributed by atoms with Gasteiger partial charge >= 0.3 is 6.18 Å². The molecule has 3 N–H and O–H groups in total. The first-order chi connectivity index (χ1) is 13.7. The summed E-state index contributed by atoms with van der Waals surface area (Å²) in [6.07, 6.45) is -4.37. The van der Waals surface area contributed by atoms with Gasteiger partial charge in [-0.3, -0.25) is 0 Å². The minimum Gasteiger partial charge on any atom is -0.357 e. The number of aliphatic imine (C=N–C) groups is 1. The Kier molecular flexibility index (Phi) is 8.03. The molecular formula is C19H23F3N4O2S. The van der Waals surface area contributed by atoms with Crippen molar-refractivity contribution in [1.82, 2.24) is 15.4 Å². The highest BCUT2D eigenvalue weighted by Gasteiger charge is 2.29. The highest BCUT2D eigenvalue weighted by molar-refractivity contribution is 7.89. The van der Waals surface area contributed by atoms with Crippen molar-refractivity contribution in [2.24, 2.45) is 4.99 Å². The van der Waals surface area contributed by atoms with Crippen LogP contribution in [0.2, 0.25) is 0 Å². The van der Waals surface area contributed by atoms with Crippen LogP contribution >= 0.6 is 0 Å². The van der Waals surface area contributed by atoms with Crippen molar-refractivity contribution in [3.8, 4) is 0 Å². The fraction of sp³-hybridized carbons (Fsp3) is 0.316. The van der Waals surface area contributed by atoms with Crippen LogP contribution < -0.4 is 15.4 Å². The molecule has 2 rings (SSSR count). The normalized spacial score (nSPS) is 12.6. The number of alkyl halides is 3. The molecule has 0 aliphatic heterocycles. The topological polar surface area (TPSA) is 82.6 Å². The zero-order chi connectivity index (χ0) is 21.3. The second-order valence-electron chi connectivity index (χ2n) is 6.03. The number of halogens is 3. The molecule has 0 bridgehead atoms. The molecule has 0 atom stereocenters. The predicted molar refractivity (Wildman–Crippen MR) is 106 cm³/mol. The van der Waals surface area contributed by atoms with E-state index in [-0.39, 0.29) is 24.5 Å². The van der Waals surface area contributed by atoms with Crippen LogP contribution in [0.3, 0.4) is 0 Å². The van der Waals surface area contributed by atoms with Crippen molar-refractivity contribution in [3.63, 3.8) is 0 Å². The molecule has 0 aliphatic rings. The van der Waals surface area contributed by atoms with E-state index in [1.54, 1.807) is 18.2 Å². The Hall–Kier alpha value is -2.59. The Bertz CT molecular complexity index is 899. The van der Waals surface area contributed by atoms with Crippen LogP contribution in [0.25, 0.3) is 0 Å². The van der Waals surface area contributed by atoms with Gasteiger partial charge in [0.25, 0.3) is 0 Å². The van der Waals surface area contributed by atoms with Crippen LogP contribution in [0.1, 0.15) is 18.1 Å². The quantitative estimate of drug-likeness (QED) is 0.343. The number of hydrogen-bond donors (Lipinski definition) is 3. The van der Waals surface area contributed by atoms with E-state index in [0.29, 0.717) is 18.1 Å². The first-order valence-electron chi connectivity index (χ1n) is 8.95. The molecule has 0 amide bonds. The van der Waals surface area contributed by atoms with E-state index in [1.165, 1.54) is 24.3 Å². The minimum absolute atomic E-state index is 0.141. The lowest BCUT2D eigenvalue weighted by Gasteiger charge is -2.12. The molecule has 0 saturated carbocycles. The third kappa shape index (κ3) is 7.39. The van der Waals surface area contributed by atoms with Crippen LogP contribution in [0.5, 0.6) is 0 Å². The maximum Gasteiger partial charge on any atom is 0.416 e. The molecule has 6 nitrogen and oxygen atoms in total. The smallest absolute Gasteiger partial charge is 0.357 e. The summed E-state index contributed by atoms with van der Waals surface area (Å²) >= 11 is 0. The third-order valence-electron chi connectivity index (χ3n) is 3.81. The number of benzene rings is 2. The molecular weight excluding hydrogens is 405 g/mol. The highest BCUT2D eigenvalue weighted by Crippen LogP contribution is 2.29. The van der Waals surface area contributed by atoms with Gasteiger partial charge in [-0.05, 0) is 36.8 Å². The molecule has 29 heavy (non-hydrogen) atoms. The summed E-state index contributed by atoms with van der Waals surface area (Å²) in [6, 6.07) is 12.8. The fourth-order valence-corrected chi connectivity index (χ4v) is 3.41. The molecule has 158 valence electrons. The average Bonchev–Trinajstić information content (AvgIpc) is 2.69. The molecule has 0 radical (unpaired) electrons. The largest absolute Gasteiger partial charge is 0.416 e. The van der Waals surface area contributed by atoms with Crippen molar-refractivity contribution in [3.05, 3.63) is 65.7 Å². The maximum absolute atomic E-state index is 12.6. The number of hydrogen-bond acceptors (Lipinski definition) is 3. The molecule has 0 aliphatic carbocycles. The van der Waals surface area contributed by atoms with Gasteiger partial charge < -0.3 is 10.6 Å². The lowest BCUT2D eigenvalue weighted by atomic mass is 10.1. The molecule has 2 aromatic rings. The third-order valence-corrected chi connectivity index (χ3v) is 5.29. The SMILES string of the molecule is CCNC(=NCc1ccc(C(F)(F)F)cc1)NCCNS(=O)(=O)c1ccccc1. The summed E-state index contributed by atoms with van der Waals surface area (Å²) < 4.78 is 64.6. The summed E-state index contributed by atoms with van der Waals surface area (Å²) in [7, 11) is -3.58. The number of nitrogens with one attached hydrogen (secondary N) is 3. The van der Waals surface area contributed by atoms with Gasteiger partial charge in [-0.2, -0.15) is 13.2 Å². The molecule has 0 spiro atoms. The first kappa shape index (κ1) is 22.7. The van der Waals surface area contributed by atoms with Crippen LogP contribution in [0.15, 0.2) is 64.5 Å². The molecule has 0 aromatic heterocycles. The Morgan fingerprint density at radius 1 is 0.966 bits per heavy atom. The number of rotatable bonds is 8. The van der Waals surface area contributed by atoms with E-state index < -0.39 is 21.8 Å². The number of nitrogens with zero attached hydrogens (tertiary/aromatic N) is 1. The summed E-state index contributed by atoms with van der Waals surface area (Å²) in [4.78, 5) is 4.49. The summed E-state index contributed by atoms with van der Waals surface area (Å²) in [6.45, 7) is 3.05. The summed E-state index contributed by atoms with van der Waals surface area (Å²) in [5.74, 6) is 0.436. The zero-order valence-corrected chi connectivity index (χ0v) is 16.6. The van der Waals surface area contributed by atoms with Gasteiger partial charge in [0.2, 0.25) is 10.0 Å². The van der Waals surface area contributed by atoms with Crippen LogP contribution in [-0.4, -0.2) is 34.0 Å². The van der Waals surface area contributed by atoms with Gasteiger partial charge in [0.1, 0.15) is 0 Å². The average molecular weight is 428 g/mol. The van der Waals surface area contributed by atoms with Crippen molar-refractivity contribution >= 4 is 16.0 Å². The summed E-state index contributed by atoms with van der Waals surface area (Å²) in [5, 5.41) is 5.98. The van der Waals surface area contributed by atoms with Gasteiger partial charge in [0.15, 0.2) is 5.96 Å². The van der Waals surface area contributed by atoms with Crippen molar-refractivity contribution in [2.45, 2.75) is 24.5 Å². The molecule has 0 saturated heterocycles. The van der Waals surface area contributed by atoms with Gasteiger partial charge in [0, 0.05) is 19.6 Å². The van der Waals surface area contributed by atoms with E-state index in [0.717, 1.165) is 12.1 Å². The van der Waals surface area contributed by atoms with E-state index in [9.17, 15) is 21.6 Å². The van der Waals surface area contributed by atoms with Crippen LogP contribution in [0.4, 0.5) is 13.2 Å². The van der Waals surface area contributed by atoms with E-state index >= 15 is 0 Å². The lowest BCUT2D eigenvalue weighted by Crippen LogP contribution is -2.41. The van der Waals surface area contributed by atoms with Crippen molar-refractivity contribution < 1.29 is 21.6 Å². The van der Waals surface area contributed by atoms with Gasteiger partial charge in [-0.15, -0.1) is 0 Å². The van der Waals surface area contributed by atoms with E-state index in [2.05, 4.69) is 20.3 Å². The highest BCUT2D eigenvalue weighted by atomic mass is 32.2.